The van der Waals surface area contributed by atoms with Crippen molar-refractivity contribution in [2.24, 2.45) is 0 Å². The van der Waals surface area contributed by atoms with Gasteiger partial charge in [0, 0.05) is 17.8 Å². The van der Waals surface area contributed by atoms with Gasteiger partial charge in [0.2, 0.25) is 0 Å². The van der Waals surface area contributed by atoms with Crippen LogP contribution >= 0.6 is 11.6 Å². The molecule has 2 aromatic rings. The third kappa shape index (κ3) is 2.70. The van der Waals surface area contributed by atoms with Crippen molar-refractivity contribution in [2.75, 3.05) is 5.73 Å². The van der Waals surface area contributed by atoms with Crippen molar-refractivity contribution < 1.29 is 9.66 Å². The number of benzene rings is 2. The van der Waals surface area contributed by atoms with Gasteiger partial charge >= 0.3 is 0 Å². The lowest BCUT2D eigenvalue weighted by molar-refractivity contribution is -0.384. The quantitative estimate of drug-likeness (QED) is 0.522. The van der Waals surface area contributed by atoms with Crippen molar-refractivity contribution in [3.05, 3.63) is 57.6 Å². The Bertz CT molecular complexity index is 602. The third-order valence-corrected chi connectivity index (χ3v) is 2.50. The molecule has 0 saturated heterocycles. The number of ether oxygens (including phenoxy) is 1. The molecule has 2 aromatic carbocycles. The minimum Gasteiger partial charge on any atom is -0.455 e. The van der Waals surface area contributed by atoms with Crippen LogP contribution in [0.15, 0.2) is 42.5 Å². The normalized spacial score (nSPS) is 10.1. The van der Waals surface area contributed by atoms with Crippen LogP contribution in [0.25, 0.3) is 0 Å². The molecule has 0 amide bonds. The number of halogens is 1. The SMILES string of the molecule is Nc1cc(Oc2ccccc2Cl)cc([N+](=O)[O-])c1. The molecule has 0 fully saturated rings. The molecule has 6 heteroatoms. The molecule has 0 aliphatic carbocycles. The summed E-state index contributed by atoms with van der Waals surface area (Å²) in [4.78, 5) is 10.2. The fourth-order valence-corrected chi connectivity index (χ4v) is 1.60. The fraction of sp³-hybridized carbons (Fsp3) is 0. The molecule has 5 nitrogen and oxygen atoms in total. The van der Waals surface area contributed by atoms with Gasteiger partial charge in [0.05, 0.1) is 16.0 Å². The first-order valence-electron chi connectivity index (χ1n) is 5.03. The minimum absolute atomic E-state index is 0.128. The maximum absolute atomic E-state index is 10.7. The van der Waals surface area contributed by atoms with Crippen LogP contribution in [0.1, 0.15) is 0 Å². The monoisotopic (exact) mass is 264 g/mol. The maximum Gasteiger partial charge on any atom is 0.275 e. The number of non-ortho nitro benzene ring substituents is 1. The van der Waals surface area contributed by atoms with E-state index in [2.05, 4.69) is 0 Å². The number of nitro groups is 1. The summed E-state index contributed by atoms with van der Waals surface area (Å²) in [5, 5.41) is 11.1. The molecule has 2 N–H and O–H groups in total. The third-order valence-electron chi connectivity index (χ3n) is 2.19. The average Bonchev–Trinajstić information content (AvgIpc) is 2.31. The number of rotatable bonds is 3. The van der Waals surface area contributed by atoms with Gasteiger partial charge in [-0.15, -0.1) is 0 Å². The summed E-state index contributed by atoms with van der Waals surface area (Å²) in [5.41, 5.74) is 5.70. The van der Waals surface area contributed by atoms with Gasteiger partial charge in [-0.25, -0.2) is 0 Å². The molecule has 0 aliphatic heterocycles. The smallest absolute Gasteiger partial charge is 0.275 e. The number of nitro benzene ring substituents is 1. The Kier molecular flexibility index (Phi) is 3.34. The van der Waals surface area contributed by atoms with E-state index in [9.17, 15) is 10.1 Å². The summed E-state index contributed by atoms with van der Waals surface area (Å²) < 4.78 is 5.46. The zero-order valence-electron chi connectivity index (χ0n) is 9.17. The second kappa shape index (κ2) is 4.93. The molecule has 0 atom stereocenters. The van der Waals surface area contributed by atoms with E-state index in [0.717, 1.165) is 0 Å². The molecular weight excluding hydrogens is 256 g/mol. The highest BCUT2D eigenvalue weighted by atomic mass is 35.5. The molecule has 0 aliphatic rings. The van der Waals surface area contributed by atoms with Crippen molar-refractivity contribution in [1.82, 2.24) is 0 Å². The second-order valence-electron chi connectivity index (χ2n) is 3.55. The highest BCUT2D eigenvalue weighted by molar-refractivity contribution is 6.32. The number of hydrogen-bond acceptors (Lipinski definition) is 4. The highest BCUT2D eigenvalue weighted by Crippen LogP contribution is 2.32. The lowest BCUT2D eigenvalue weighted by Gasteiger charge is -2.07. The Labute approximate surface area is 108 Å². The molecule has 0 radical (unpaired) electrons. The van der Waals surface area contributed by atoms with Crippen LogP contribution in [0, 0.1) is 10.1 Å². The Morgan fingerprint density at radius 2 is 1.94 bits per heavy atom. The average molecular weight is 265 g/mol. The first kappa shape index (κ1) is 12.2. The summed E-state index contributed by atoms with van der Waals surface area (Å²) in [6.07, 6.45) is 0. The second-order valence-corrected chi connectivity index (χ2v) is 3.96. The van der Waals surface area contributed by atoms with E-state index in [0.29, 0.717) is 10.8 Å². The van der Waals surface area contributed by atoms with Crippen LogP contribution in [0.2, 0.25) is 5.02 Å². The molecule has 0 saturated carbocycles. The van der Waals surface area contributed by atoms with E-state index < -0.39 is 4.92 Å². The van der Waals surface area contributed by atoms with Gasteiger partial charge in [0.1, 0.15) is 11.5 Å². The van der Waals surface area contributed by atoms with Gasteiger partial charge in [-0.2, -0.15) is 0 Å². The van der Waals surface area contributed by atoms with Gasteiger partial charge in [-0.1, -0.05) is 23.7 Å². The van der Waals surface area contributed by atoms with Gasteiger partial charge in [0.25, 0.3) is 5.69 Å². The summed E-state index contributed by atoms with van der Waals surface area (Å²) in [6, 6.07) is 10.9. The summed E-state index contributed by atoms with van der Waals surface area (Å²) in [6.45, 7) is 0. The predicted octanol–water partition coefficient (Wildman–Crippen LogP) is 3.62. The Hall–Kier alpha value is -2.27. The molecule has 0 bridgehead atoms. The zero-order chi connectivity index (χ0) is 13.1. The largest absolute Gasteiger partial charge is 0.455 e. The van der Waals surface area contributed by atoms with Crippen LogP contribution in [-0.4, -0.2) is 4.92 Å². The molecule has 2 rings (SSSR count). The topological polar surface area (TPSA) is 78.4 Å². The van der Waals surface area contributed by atoms with Crippen LogP contribution in [-0.2, 0) is 0 Å². The molecule has 0 heterocycles. The summed E-state index contributed by atoms with van der Waals surface area (Å²) in [7, 11) is 0. The van der Waals surface area contributed by atoms with Crippen molar-refractivity contribution in [1.29, 1.82) is 0 Å². The molecule has 0 unspecified atom stereocenters. The van der Waals surface area contributed by atoms with Crippen LogP contribution in [0.3, 0.4) is 0 Å². The molecule has 92 valence electrons. The Morgan fingerprint density at radius 1 is 1.22 bits per heavy atom. The van der Waals surface area contributed by atoms with E-state index in [1.807, 2.05) is 0 Å². The zero-order valence-corrected chi connectivity index (χ0v) is 9.92. The van der Waals surface area contributed by atoms with Gasteiger partial charge in [0.15, 0.2) is 0 Å². The van der Waals surface area contributed by atoms with Crippen LogP contribution < -0.4 is 10.5 Å². The van der Waals surface area contributed by atoms with Crippen LogP contribution in [0.4, 0.5) is 11.4 Å². The molecule has 18 heavy (non-hydrogen) atoms. The number of para-hydroxylation sites is 1. The highest BCUT2D eigenvalue weighted by Gasteiger charge is 2.10. The predicted molar refractivity (Wildman–Crippen MR) is 69.0 cm³/mol. The van der Waals surface area contributed by atoms with Crippen LogP contribution in [0.5, 0.6) is 11.5 Å². The number of nitrogen functional groups attached to an aromatic ring is 1. The summed E-state index contributed by atoms with van der Waals surface area (Å²) >= 11 is 5.93. The van der Waals surface area contributed by atoms with E-state index in [-0.39, 0.29) is 17.1 Å². The van der Waals surface area contributed by atoms with Crippen molar-refractivity contribution in [3.8, 4) is 11.5 Å². The molecule has 0 aromatic heterocycles. The van der Waals surface area contributed by atoms with E-state index in [4.69, 9.17) is 22.1 Å². The minimum atomic E-state index is -0.532. The Morgan fingerprint density at radius 3 is 2.61 bits per heavy atom. The fourth-order valence-electron chi connectivity index (χ4n) is 1.42. The lowest BCUT2D eigenvalue weighted by Crippen LogP contribution is -1.93. The van der Waals surface area contributed by atoms with Gasteiger partial charge in [-0.3, -0.25) is 10.1 Å². The van der Waals surface area contributed by atoms with Crippen molar-refractivity contribution in [2.45, 2.75) is 0 Å². The van der Waals surface area contributed by atoms with E-state index >= 15 is 0 Å². The number of nitrogens with two attached hydrogens (primary N) is 1. The Balaban J connectivity index is 2.35. The van der Waals surface area contributed by atoms with Gasteiger partial charge < -0.3 is 10.5 Å². The lowest BCUT2D eigenvalue weighted by atomic mass is 10.2. The van der Waals surface area contributed by atoms with Crippen molar-refractivity contribution in [3.63, 3.8) is 0 Å². The number of hydrogen-bond donors (Lipinski definition) is 1. The van der Waals surface area contributed by atoms with E-state index in [1.165, 1.54) is 18.2 Å². The molecular formula is C12H9ClN2O3. The standard InChI is InChI=1S/C12H9ClN2O3/c13-11-3-1-2-4-12(11)18-10-6-8(14)5-9(7-10)15(16)17/h1-7H,14H2. The maximum atomic E-state index is 10.7. The number of anilines is 1. The first-order valence-corrected chi connectivity index (χ1v) is 5.41. The summed E-state index contributed by atoms with van der Waals surface area (Å²) in [5.74, 6) is 0.689. The molecule has 0 spiro atoms. The van der Waals surface area contributed by atoms with E-state index in [1.54, 1.807) is 24.3 Å². The number of nitrogens with zero attached hydrogens (tertiary/aromatic N) is 1. The van der Waals surface area contributed by atoms with Gasteiger partial charge in [-0.05, 0) is 12.1 Å². The van der Waals surface area contributed by atoms with Crippen molar-refractivity contribution >= 4 is 23.0 Å². The first-order chi connectivity index (χ1) is 8.56.